The average Bonchev–Trinajstić information content (AvgIpc) is 2.06. The van der Waals surface area contributed by atoms with Crippen LogP contribution >= 0.6 is 0 Å². The van der Waals surface area contributed by atoms with Gasteiger partial charge in [0.2, 0.25) is 5.95 Å². The SMILES string of the molecule is Cc1cnc(NN)nc1NC(C)(C)C. The third-order valence-electron chi connectivity index (χ3n) is 1.59. The lowest BCUT2D eigenvalue weighted by Gasteiger charge is -2.22. The molecule has 0 fully saturated rings. The Morgan fingerprint density at radius 1 is 1.36 bits per heavy atom. The number of nitrogens with zero attached hydrogens (tertiary/aromatic N) is 2. The van der Waals surface area contributed by atoms with Crippen molar-refractivity contribution in [3.05, 3.63) is 11.8 Å². The van der Waals surface area contributed by atoms with Gasteiger partial charge < -0.3 is 5.32 Å². The van der Waals surface area contributed by atoms with E-state index >= 15 is 0 Å². The summed E-state index contributed by atoms with van der Waals surface area (Å²) in [5, 5.41) is 3.28. The maximum absolute atomic E-state index is 5.23. The summed E-state index contributed by atoms with van der Waals surface area (Å²) in [6.45, 7) is 8.17. The fourth-order valence-electron chi connectivity index (χ4n) is 0.993. The highest BCUT2D eigenvalue weighted by Crippen LogP contribution is 2.16. The van der Waals surface area contributed by atoms with Crippen molar-refractivity contribution >= 4 is 11.8 Å². The largest absolute Gasteiger partial charge is 0.365 e. The molecule has 1 aromatic heterocycles. The van der Waals surface area contributed by atoms with E-state index in [4.69, 9.17) is 5.84 Å². The molecule has 0 aromatic carbocycles. The lowest BCUT2D eigenvalue weighted by molar-refractivity contribution is 0.629. The Labute approximate surface area is 84.1 Å². The minimum absolute atomic E-state index is 0.0228. The van der Waals surface area contributed by atoms with Crippen LogP contribution in [0.4, 0.5) is 11.8 Å². The van der Waals surface area contributed by atoms with Crippen molar-refractivity contribution in [2.75, 3.05) is 10.7 Å². The number of nitrogens with one attached hydrogen (secondary N) is 2. The van der Waals surface area contributed by atoms with Crippen LogP contribution in [0.15, 0.2) is 6.20 Å². The number of nitrogens with two attached hydrogens (primary N) is 1. The summed E-state index contributed by atoms with van der Waals surface area (Å²) in [4.78, 5) is 8.22. The maximum Gasteiger partial charge on any atom is 0.239 e. The molecule has 0 amide bonds. The van der Waals surface area contributed by atoms with E-state index in [2.05, 4.69) is 41.5 Å². The van der Waals surface area contributed by atoms with Crippen molar-refractivity contribution in [1.29, 1.82) is 0 Å². The van der Waals surface area contributed by atoms with Gasteiger partial charge in [-0.05, 0) is 27.7 Å². The van der Waals surface area contributed by atoms with E-state index in [1.54, 1.807) is 6.20 Å². The van der Waals surface area contributed by atoms with Gasteiger partial charge >= 0.3 is 0 Å². The minimum atomic E-state index is -0.0228. The van der Waals surface area contributed by atoms with E-state index in [0.717, 1.165) is 11.4 Å². The van der Waals surface area contributed by atoms with E-state index < -0.39 is 0 Å². The normalized spacial score (nSPS) is 11.2. The molecular weight excluding hydrogens is 178 g/mol. The molecule has 0 saturated heterocycles. The van der Waals surface area contributed by atoms with Gasteiger partial charge in [-0.25, -0.2) is 10.8 Å². The summed E-state index contributed by atoms with van der Waals surface area (Å²) < 4.78 is 0. The summed E-state index contributed by atoms with van der Waals surface area (Å²) in [5.41, 5.74) is 3.39. The van der Waals surface area contributed by atoms with Crippen LogP contribution in [0.5, 0.6) is 0 Å². The molecule has 0 bridgehead atoms. The third-order valence-corrected chi connectivity index (χ3v) is 1.59. The first kappa shape index (κ1) is 10.7. The first-order chi connectivity index (χ1) is 6.42. The molecule has 0 radical (unpaired) electrons. The molecule has 14 heavy (non-hydrogen) atoms. The fourth-order valence-corrected chi connectivity index (χ4v) is 0.993. The standard InChI is InChI=1S/C9H17N5/c1-6-5-11-8(14-10)12-7(6)13-9(2,3)4/h5H,10H2,1-4H3,(H2,11,12,13,14). The molecule has 1 rings (SSSR count). The van der Waals surface area contributed by atoms with E-state index in [-0.39, 0.29) is 5.54 Å². The van der Waals surface area contributed by atoms with Gasteiger partial charge in [0.15, 0.2) is 0 Å². The Morgan fingerprint density at radius 3 is 2.50 bits per heavy atom. The predicted octanol–water partition coefficient (Wildman–Crippen LogP) is 1.28. The van der Waals surface area contributed by atoms with Crippen molar-refractivity contribution in [1.82, 2.24) is 9.97 Å². The fraction of sp³-hybridized carbons (Fsp3) is 0.556. The zero-order valence-corrected chi connectivity index (χ0v) is 9.05. The van der Waals surface area contributed by atoms with Crippen LogP contribution in [0, 0.1) is 6.92 Å². The maximum atomic E-state index is 5.23. The second kappa shape index (κ2) is 3.79. The highest BCUT2D eigenvalue weighted by Gasteiger charge is 2.12. The molecule has 0 spiro atoms. The Bertz CT molecular complexity index is 315. The molecule has 0 unspecified atom stereocenters. The van der Waals surface area contributed by atoms with E-state index in [1.165, 1.54) is 0 Å². The van der Waals surface area contributed by atoms with Crippen LogP contribution in [0.1, 0.15) is 26.3 Å². The lowest BCUT2D eigenvalue weighted by atomic mass is 10.1. The Hall–Kier alpha value is -1.36. The van der Waals surface area contributed by atoms with Gasteiger partial charge in [0.25, 0.3) is 0 Å². The molecule has 5 nitrogen and oxygen atoms in total. The second-order valence-electron chi connectivity index (χ2n) is 4.24. The molecule has 1 aromatic rings. The summed E-state index contributed by atoms with van der Waals surface area (Å²) >= 11 is 0. The molecule has 0 atom stereocenters. The van der Waals surface area contributed by atoms with Crippen LogP contribution in [-0.4, -0.2) is 15.5 Å². The molecule has 78 valence electrons. The number of rotatable bonds is 2. The Kier molecular flexibility index (Phi) is 2.90. The van der Waals surface area contributed by atoms with Gasteiger partial charge in [0.1, 0.15) is 5.82 Å². The quantitative estimate of drug-likeness (QED) is 0.489. The number of hydrogen-bond acceptors (Lipinski definition) is 5. The molecule has 0 aliphatic carbocycles. The number of anilines is 2. The Balaban J connectivity index is 2.95. The smallest absolute Gasteiger partial charge is 0.239 e. The highest BCUT2D eigenvalue weighted by molar-refractivity contribution is 5.47. The van der Waals surface area contributed by atoms with Crippen molar-refractivity contribution in [2.45, 2.75) is 33.2 Å². The van der Waals surface area contributed by atoms with Crippen LogP contribution in [0.3, 0.4) is 0 Å². The van der Waals surface area contributed by atoms with Crippen molar-refractivity contribution in [3.63, 3.8) is 0 Å². The molecule has 0 aliphatic heterocycles. The summed E-state index contributed by atoms with van der Waals surface area (Å²) in [6.07, 6.45) is 1.73. The lowest BCUT2D eigenvalue weighted by Crippen LogP contribution is -2.27. The van der Waals surface area contributed by atoms with E-state index in [0.29, 0.717) is 5.95 Å². The summed E-state index contributed by atoms with van der Waals surface area (Å²) in [5.74, 6) is 6.45. The molecule has 1 heterocycles. The molecular formula is C9H17N5. The topological polar surface area (TPSA) is 75.9 Å². The van der Waals surface area contributed by atoms with Gasteiger partial charge in [-0.3, -0.25) is 5.43 Å². The minimum Gasteiger partial charge on any atom is -0.365 e. The van der Waals surface area contributed by atoms with Gasteiger partial charge in [0, 0.05) is 17.3 Å². The number of aryl methyl sites for hydroxylation is 1. The monoisotopic (exact) mass is 195 g/mol. The number of nitrogen functional groups attached to an aromatic ring is 1. The molecule has 0 saturated carbocycles. The van der Waals surface area contributed by atoms with Gasteiger partial charge in [-0.1, -0.05) is 0 Å². The van der Waals surface area contributed by atoms with E-state index in [9.17, 15) is 0 Å². The Morgan fingerprint density at radius 2 is 2.00 bits per heavy atom. The number of hydrazine groups is 1. The summed E-state index contributed by atoms with van der Waals surface area (Å²) in [7, 11) is 0. The number of aromatic nitrogens is 2. The first-order valence-electron chi connectivity index (χ1n) is 4.51. The molecule has 4 N–H and O–H groups in total. The van der Waals surface area contributed by atoms with Gasteiger partial charge in [-0.15, -0.1) is 0 Å². The molecule has 5 heteroatoms. The molecule has 0 aliphatic rings. The second-order valence-corrected chi connectivity index (χ2v) is 4.24. The predicted molar refractivity (Wildman–Crippen MR) is 58.0 cm³/mol. The zero-order chi connectivity index (χ0) is 10.8. The van der Waals surface area contributed by atoms with E-state index in [1.807, 2.05) is 6.92 Å². The van der Waals surface area contributed by atoms with Crippen molar-refractivity contribution < 1.29 is 0 Å². The average molecular weight is 195 g/mol. The zero-order valence-electron chi connectivity index (χ0n) is 9.05. The first-order valence-corrected chi connectivity index (χ1v) is 4.51. The highest BCUT2D eigenvalue weighted by atomic mass is 15.3. The van der Waals surface area contributed by atoms with Crippen molar-refractivity contribution in [3.8, 4) is 0 Å². The van der Waals surface area contributed by atoms with Crippen LogP contribution in [-0.2, 0) is 0 Å². The van der Waals surface area contributed by atoms with Gasteiger partial charge in [0.05, 0.1) is 0 Å². The summed E-state index contributed by atoms with van der Waals surface area (Å²) in [6, 6.07) is 0. The van der Waals surface area contributed by atoms with Crippen LogP contribution in [0.25, 0.3) is 0 Å². The van der Waals surface area contributed by atoms with Crippen LogP contribution in [0.2, 0.25) is 0 Å². The van der Waals surface area contributed by atoms with Crippen molar-refractivity contribution in [2.24, 2.45) is 5.84 Å². The number of hydrogen-bond donors (Lipinski definition) is 3. The van der Waals surface area contributed by atoms with Crippen LogP contribution < -0.4 is 16.6 Å². The third kappa shape index (κ3) is 2.85. The van der Waals surface area contributed by atoms with Gasteiger partial charge in [-0.2, -0.15) is 4.98 Å².